The molecule has 2 nitrogen and oxygen atoms in total. The highest BCUT2D eigenvalue weighted by atomic mass is 16.5. The van der Waals surface area contributed by atoms with Crippen LogP contribution in [0.2, 0.25) is 0 Å². The molecule has 0 saturated heterocycles. The smallest absolute Gasteiger partial charge is 0.139 e. The van der Waals surface area contributed by atoms with Gasteiger partial charge in [0.15, 0.2) is 0 Å². The summed E-state index contributed by atoms with van der Waals surface area (Å²) < 4.78 is 5.59. The Morgan fingerprint density at radius 2 is 2.00 bits per heavy atom. The number of hydrogen-bond acceptors (Lipinski definition) is 2. The van der Waals surface area contributed by atoms with Gasteiger partial charge in [0.25, 0.3) is 0 Å². The van der Waals surface area contributed by atoms with Gasteiger partial charge in [-0.3, -0.25) is 4.79 Å². The van der Waals surface area contributed by atoms with Gasteiger partial charge in [0.1, 0.15) is 11.5 Å². The van der Waals surface area contributed by atoms with E-state index in [4.69, 9.17) is 4.74 Å². The summed E-state index contributed by atoms with van der Waals surface area (Å²) in [6, 6.07) is 7.91. The van der Waals surface area contributed by atoms with Gasteiger partial charge in [-0.05, 0) is 37.0 Å². The second-order valence-corrected chi connectivity index (χ2v) is 5.41. The van der Waals surface area contributed by atoms with Crippen molar-refractivity contribution < 1.29 is 9.53 Å². The molecule has 0 amide bonds. The van der Waals surface area contributed by atoms with E-state index in [9.17, 15) is 4.79 Å². The molecule has 100 valence electrons. The molecule has 1 atom stereocenters. The van der Waals surface area contributed by atoms with Crippen LogP contribution in [0.1, 0.15) is 39.2 Å². The Bertz CT molecular complexity index is 382. The molecule has 0 radical (unpaired) electrons. The highest BCUT2D eigenvalue weighted by molar-refractivity contribution is 5.80. The van der Waals surface area contributed by atoms with E-state index in [1.165, 1.54) is 5.56 Å². The minimum Gasteiger partial charge on any atom is -0.493 e. The third kappa shape index (κ3) is 5.35. The monoisotopic (exact) mass is 248 g/mol. The molecule has 2 heteroatoms. The number of ether oxygens (including phenoxy) is 1. The highest BCUT2D eigenvalue weighted by Gasteiger charge is 2.14. The fourth-order valence-corrected chi connectivity index (χ4v) is 2.06. The summed E-state index contributed by atoms with van der Waals surface area (Å²) in [6.45, 7) is 8.81. The van der Waals surface area contributed by atoms with E-state index in [1.54, 1.807) is 0 Å². The van der Waals surface area contributed by atoms with Crippen molar-refractivity contribution in [2.75, 3.05) is 6.61 Å². The zero-order valence-electron chi connectivity index (χ0n) is 11.9. The van der Waals surface area contributed by atoms with E-state index >= 15 is 0 Å². The quantitative estimate of drug-likeness (QED) is 0.728. The van der Waals surface area contributed by atoms with Crippen LogP contribution in [0.5, 0.6) is 5.75 Å². The number of aryl methyl sites for hydroxylation is 1. The predicted molar refractivity (Wildman–Crippen MR) is 74.9 cm³/mol. The molecule has 0 spiro atoms. The largest absolute Gasteiger partial charge is 0.493 e. The van der Waals surface area contributed by atoms with Gasteiger partial charge in [-0.25, -0.2) is 0 Å². The first-order valence-electron chi connectivity index (χ1n) is 6.71. The van der Waals surface area contributed by atoms with Crippen molar-refractivity contribution >= 4 is 5.78 Å². The average molecular weight is 248 g/mol. The van der Waals surface area contributed by atoms with Gasteiger partial charge in [0.05, 0.1) is 6.61 Å². The predicted octanol–water partition coefficient (Wildman–Crippen LogP) is 4.02. The first kappa shape index (κ1) is 14.7. The molecule has 0 N–H and O–H groups in total. The summed E-state index contributed by atoms with van der Waals surface area (Å²) in [4.78, 5) is 11.9. The van der Waals surface area contributed by atoms with Crippen molar-refractivity contribution in [1.82, 2.24) is 0 Å². The molecule has 18 heavy (non-hydrogen) atoms. The number of benzene rings is 1. The van der Waals surface area contributed by atoms with E-state index in [2.05, 4.69) is 13.8 Å². The maximum atomic E-state index is 11.9. The van der Waals surface area contributed by atoms with Crippen LogP contribution in [0.3, 0.4) is 0 Å². The van der Waals surface area contributed by atoms with Crippen molar-refractivity contribution in [3.05, 3.63) is 29.8 Å². The minimum atomic E-state index is 0.145. The second-order valence-electron chi connectivity index (χ2n) is 5.41. The van der Waals surface area contributed by atoms with E-state index in [0.717, 1.165) is 12.2 Å². The van der Waals surface area contributed by atoms with Crippen LogP contribution < -0.4 is 4.74 Å². The summed E-state index contributed by atoms with van der Waals surface area (Å²) in [5, 5.41) is 0. The first-order valence-corrected chi connectivity index (χ1v) is 6.71. The summed E-state index contributed by atoms with van der Waals surface area (Å²) in [6.07, 6.45) is 1.46. The second kappa shape index (κ2) is 7.20. The Morgan fingerprint density at radius 3 is 2.61 bits per heavy atom. The lowest BCUT2D eigenvalue weighted by Gasteiger charge is -2.13. The van der Waals surface area contributed by atoms with Gasteiger partial charge in [0, 0.05) is 12.3 Å². The van der Waals surface area contributed by atoms with Gasteiger partial charge < -0.3 is 4.74 Å². The zero-order chi connectivity index (χ0) is 13.5. The van der Waals surface area contributed by atoms with Crippen molar-refractivity contribution in [2.45, 2.75) is 40.5 Å². The molecule has 0 aliphatic rings. The lowest BCUT2D eigenvalue weighted by atomic mass is 9.94. The number of ketones is 1. The van der Waals surface area contributed by atoms with E-state index < -0.39 is 0 Å². The van der Waals surface area contributed by atoms with E-state index in [0.29, 0.717) is 24.7 Å². The van der Waals surface area contributed by atoms with Gasteiger partial charge in [-0.1, -0.05) is 32.9 Å². The van der Waals surface area contributed by atoms with Crippen molar-refractivity contribution in [1.29, 1.82) is 0 Å². The molecule has 1 rings (SSSR count). The van der Waals surface area contributed by atoms with Crippen LogP contribution in [0.15, 0.2) is 24.3 Å². The summed E-state index contributed by atoms with van der Waals surface area (Å²) in [5.74, 6) is 1.86. The lowest BCUT2D eigenvalue weighted by molar-refractivity contribution is -0.123. The highest BCUT2D eigenvalue weighted by Crippen LogP contribution is 2.15. The molecule has 1 unspecified atom stereocenters. The minimum absolute atomic E-state index is 0.145. The molecule has 0 aliphatic heterocycles. The maximum Gasteiger partial charge on any atom is 0.139 e. The Morgan fingerprint density at radius 1 is 1.28 bits per heavy atom. The van der Waals surface area contributed by atoms with Gasteiger partial charge >= 0.3 is 0 Å². The zero-order valence-corrected chi connectivity index (χ0v) is 11.9. The maximum absolute atomic E-state index is 11.9. The molecule has 0 saturated carbocycles. The Balaban J connectivity index is 2.31. The summed E-state index contributed by atoms with van der Waals surface area (Å²) in [7, 11) is 0. The van der Waals surface area contributed by atoms with E-state index in [-0.39, 0.29) is 5.92 Å². The molecule has 0 fully saturated rings. The van der Waals surface area contributed by atoms with Gasteiger partial charge in [-0.2, -0.15) is 0 Å². The Hall–Kier alpha value is -1.31. The molecular weight excluding hydrogens is 224 g/mol. The number of carbonyl (C=O) groups is 1. The van der Waals surface area contributed by atoms with Crippen LogP contribution in [0, 0.1) is 18.8 Å². The van der Waals surface area contributed by atoms with Crippen LogP contribution in [-0.4, -0.2) is 12.4 Å². The van der Waals surface area contributed by atoms with Crippen molar-refractivity contribution in [3.63, 3.8) is 0 Å². The van der Waals surface area contributed by atoms with Crippen molar-refractivity contribution in [2.24, 2.45) is 11.8 Å². The lowest BCUT2D eigenvalue weighted by Crippen LogP contribution is -2.16. The molecule has 0 bridgehead atoms. The fraction of sp³-hybridized carbons (Fsp3) is 0.562. The standard InChI is InChI=1S/C16H24O2/c1-12(2)10-14(4)16(17)8-9-18-15-7-5-6-13(3)11-15/h5-7,11-12,14H,8-10H2,1-4H3. The number of hydrogen-bond donors (Lipinski definition) is 0. The van der Waals surface area contributed by atoms with Crippen LogP contribution in [0.4, 0.5) is 0 Å². The van der Waals surface area contributed by atoms with Crippen LogP contribution in [0.25, 0.3) is 0 Å². The van der Waals surface area contributed by atoms with Crippen LogP contribution in [-0.2, 0) is 4.79 Å². The topological polar surface area (TPSA) is 26.3 Å². The molecule has 1 aromatic rings. The molecule has 0 heterocycles. The average Bonchev–Trinajstić information content (AvgIpc) is 2.28. The molecule has 0 aromatic heterocycles. The third-order valence-electron chi connectivity index (χ3n) is 2.98. The normalized spacial score (nSPS) is 12.5. The fourth-order valence-electron chi connectivity index (χ4n) is 2.06. The molecule has 1 aromatic carbocycles. The number of Topliss-reactive ketones (excluding diaryl/α,β-unsaturated/α-hetero) is 1. The van der Waals surface area contributed by atoms with E-state index in [1.807, 2.05) is 38.1 Å². The van der Waals surface area contributed by atoms with Crippen LogP contribution >= 0.6 is 0 Å². The number of rotatable bonds is 7. The third-order valence-corrected chi connectivity index (χ3v) is 2.98. The van der Waals surface area contributed by atoms with Crippen molar-refractivity contribution in [3.8, 4) is 5.75 Å². The summed E-state index contributed by atoms with van der Waals surface area (Å²) >= 11 is 0. The first-order chi connectivity index (χ1) is 8.49. The molecular formula is C16H24O2. The Kier molecular flexibility index (Phi) is 5.90. The summed E-state index contributed by atoms with van der Waals surface area (Å²) in [5.41, 5.74) is 1.17. The number of carbonyl (C=O) groups excluding carboxylic acids is 1. The van der Waals surface area contributed by atoms with Gasteiger partial charge in [0.2, 0.25) is 0 Å². The van der Waals surface area contributed by atoms with Gasteiger partial charge in [-0.15, -0.1) is 0 Å². The Labute approximate surface area is 110 Å². The SMILES string of the molecule is Cc1cccc(OCCC(=O)C(C)CC(C)C)c1. The molecule has 0 aliphatic carbocycles.